The number of ether oxygens (including phenoxy) is 1. The minimum Gasteiger partial charge on any atom is -0.495 e. The van der Waals surface area contributed by atoms with E-state index in [1.54, 1.807) is 0 Å². The summed E-state index contributed by atoms with van der Waals surface area (Å²) in [7, 11) is 2.60. The van der Waals surface area contributed by atoms with Crippen LogP contribution in [-0.4, -0.2) is 31.6 Å². The third kappa shape index (κ3) is 2.02. The number of carbonyl (C=O) groups is 1. The molecule has 6 nitrogen and oxygen atoms in total. The first-order valence-electron chi connectivity index (χ1n) is 4.72. The van der Waals surface area contributed by atoms with Gasteiger partial charge in [0.05, 0.1) is 7.11 Å². The second-order valence-electron chi connectivity index (χ2n) is 3.48. The van der Waals surface area contributed by atoms with Crippen LogP contribution in [0, 0.1) is 0 Å². The van der Waals surface area contributed by atoms with Gasteiger partial charge in [-0.3, -0.25) is 0 Å². The van der Waals surface area contributed by atoms with E-state index in [0.717, 1.165) is 0 Å². The molecule has 0 amide bonds. The van der Waals surface area contributed by atoms with E-state index in [-0.39, 0.29) is 16.3 Å². The second kappa shape index (κ2) is 4.18. The maximum Gasteiger partial charge on any atom is 0.352 e. The van der Waals surface area contributed by atoms with Crippen LogP contribution < -0.4 is 4.74 Å². The first-order chi connectivity index (χ1) is 8.34. The normalized spacial score (nSPS) is 11.7. The Kier molecular flexibility index (Phi) is 2.95. The molecule has 0 bridgehead atoms. The van der Waals surface area contributed by atoms with Gasteiger partial charge in [0.2, 0.25) is 0 Å². The molecule has 1 heterocycles. The van der Waals surface area contributed by atoms with Gasteiger partial charge in [0.1, 0.15) is 16.3 Å². The molecule has 0 aliphatic rings. The second-order valence-corrected chi connectivity index (χ2v) is 6.02. The van der Waals surface area contributed by atoms with Gasteiger partial charge in [-0.25, -0.2) is 13.2 Å². The van der Waals surface area contributed by atoms with Gasteiger partial charge in [-0.1, -0.05) is 0 Å². The van der Waals surface area contributed by atoms with Crippen LogP contribution >= 0.6 is 10.7 Å². The lowest BCUT2D eigenvalue weighted by atomic mass is 10.2. The number of carboxylic acids is 1. The maximum atomic E-state index is 11.4. The molecule has 2 N–H and O–H groups in total. The summed E-state index contributed by atoms with van der Waals surface area (Å²) in [6.07, 6.45) is 0. The average Bonchev–Trinajstić information content (AvgIpc) is 2.69. The topological polar surface area (TPSA) is 96.5 Å². The maximum absolute atomic E-state index is 11.4. The molecular formula is C10H8ClNO5S. The van der Waals surface area contributed by atoms with Gasteiger partial charge < -0.3 is 14.8 Å². The van der Waals surface area contributed by atoms with Crippen molar-refractivity contribution < 1.29 is 23.1 Å². The van der Waals surface area contributed by atoms with Crippen molar-refractivity contribution in [2.75, 3.05) is 7.11 Å². The Labute approximate surface area is 107 Å². The van der Waals surface area contributed by atoms with Gasteiger partial charge in [0.25, 0.3) is 9.05 Å². The molecule has 0 spiro atoms. The van der Waals surface area contributed by atoms with Crippen LogP contribution in [0.1, 0.15) is 10.5 Å². The molecule has 0 unspecified atom stereocenters. The van der Waals surface area contributed by atoms with Gasteiger partial charge in [-0.2, -0.15) is 0 Å². The Hall–Kier alpha value is -1.73. The van der Waals surface area contributed by atoms with E-state index in [2.05, 4.69) is 4.98 Å². The lowest BCUT2D eigenvalue weighted by Crippen LogP contribution is -1.96. The minimum atomic E-state index is -3.96. The van der Waals surface area contributed by atoms with Crippen LogP contribution in [0.25, 0.3) is 10.9 Å². The highest BCUT2D eigenvalue weighted by molar-refractivity contribution is 8.13. The van der Waals surface area contributed by atoms with Gasteiger partial charge in [0, 0.05) is 21.6 Å². The summed E-state index contributed by atoms with van der Waals surface area (Å²) in [6.45, 7) is 0. The fourth-order valence-electron chi connectivity index (χ4n) is 1.68. The third-order valence-corrected chi connectivity index (χ3v) is 3.76. The number of H-pyrrole nitrogens is 1. The molecule has 0 aliphatic carbocycles. The van der Waals surface area contributed by atoms with Crippen LogP contribution in [0.5, 0.6) is 5.75 Å². The Balaban J connectivity index is 2.83. The van der Waals surface area contributed by atoms with Crippen LogP contribution in [0.2, 0.25) is 0 Å². The van der Waals surface area contributed by atoms with Crippen molar-refractivity contribution in [1.82, 2.24) is 4.98 Å². The molecule has 96 valence electrons. The summed E-state index contributed by atoms with van der Waals surface area (Å²) in [5.74, 6) is -1.13. The molecule has 0 aliphatic heterocycles. The van der Waals surface area contributed by atoms with E-state index in [9.17, 15) is 13.2 Å². The Bertz CT molecular complexity index is 734. The zero-order chi connectivity index (χ0) is 13.5. The summed E-state index contributed by atoms with van der Waals surface area (Å²) in [4.78, 5) is 13.3. The molecular weight excluding hydrogens is 282 g/mol. The summed E-state index contributed by atoms with van der Waals surface area (Å²) >= 11 is 0. The number of rotatable bonds is 3. The van der Waals surface area contributed by atoms with Crippen molar-refractivity contribution in [1.29, 1.82) is 0 Å². The first kappa shape index (κ1) is 12.7. The standard InChI is InChI=1S/C10H8ClNO5S/c1-17-9-5-4-7(10(13)14)12-6(5)2-3-8(9)18(11,15)16/h2-4,12H,1H3,(H,13,14). The minimum absolute atomic E-state index is 0.0197. The highest BCUT2D eigenvalue weighted by Gasteiger charge is 2.21. The number of methoxy groups -OCH3 is 1. The molecule has 0 atom stereocenters. The number of benzene rings is 1. The van der Waals surface area contributed by atoms with Crippen LogP contribution in [0.3, 0.4) is 0 Å². The summed E-state index contributed by atoms with van der Waals surface area (Å²) in [5.41, 5.74) is 0.390. The third-order valence-electron chi connectivity index (χ3n) is 2.42. The largest absolute Gasteiger partial charge is 0.495 e. The number of aromatic carboxylic acids is 1. The van der Waals surface area contributed by atoms with Crippen molar-refractivity contribution in [3.8, 4) is 5.75 Å². The number of aromatic amines is 1. The predicted octanol–water partition coefficient (Wildman–Crippen LogP) is 1.80. The molecule has 0 fully saturated rings. The smallest absolute Gasteiger partial charge is 0.352 e. The highest BCUT2D eigenvalue weighted by Crippen LogP contribution is 2.34. The predicted molar refractivity (Wildman–Crippen MR) is 64.8 cm³/mol. The van der Waals surface area contributed by atoms with Crippen molar-refractivity contribution in [3.63, 3.8) is 0 Å². The summed E-state index contributed by atoms with van der Waals surface area (Å²) in [5, 5.41) is 9.21. The molecule has 2 rings (SSSR count). The molecule has 8 heteroatoms. The summed E-state index contributed by atoms with van der Waals surface area (Å²) < 4.78 is 27.7. The van der Waals surface area contributed by atoms with E-state index in [4.69, 9.17) is 20.5 Å². The lowest BCUT2D eigenvalue weighted by molar-refractivity contribution is 0.0691. The monoisotopic (exact) mass is 289 g/mol. The zero-order valence-electron chi connectivity index (χ0n) is 9.10. The number of aromatic nitrogens is 1. The van der Waals surface area contributed by atoms with Crippen LogP contribution in [-0.2, 0) is 9.05 Å². The number of hydrogen-bond acceptors (Lipinski definition) is 4. The van der Waals surface area contributed by atoms with E-state index in [1.807, 2.05) is 0 Å². The van der Waals surface area contributed by atoms with Crippen LogP contribution in [0.4, 0.5) is 0 Å². The number of carboxylic acid groups (broad SMARTS) is 1. The van der Waals surface area contributed by atoms with Gasteiger partial charge in [-0.05, 0) is 18.2 Å². The van der Waals surface area contributed by atoms with E-state index in [1.165, 1.54) is 25.3 Å². The number of hydrogen-bond donors (Lipinski definition) is 2. The molecule has 2 aromatic rings. The first-order valence-corrected chi connectivity index (χ1v) is 7.03. The van der Waals surface area contributed by atoms with Gasteiger partial charge >= 0.3 is 5.97 Å². The SMILES string of the molecule is COc1c(S(=O)(=O)Cl)ccc2[nH]c(C(=O)O)cc12. The van der Waals surface area contributed by atoms with E-state index in [0.29, 0.717) is 10.9 Å². The molecule has 0 radical (unpaired) electrons. The van der Waals surface area contributed by atoms with Crippen LogP contribution in [0.15, 0.2) is 23.1 Å². The number of fused-ring (bicyclic) bond motifs is 1. The van der Waals surface area contributed by atoms with Crippen molar-refractivity contribution in [2.45, 2.75) is 4.90 Å². The lowest BCUT2D eigenvalue weighted by Gasteiger charge is -2.06. The number of halogens is 1. The Morgan fingerprint density at radius 3 is 2.61 bits per heavy atom. The molecule has 18 heavy (non-hydrogen) atoms. The fraction of sp³-hybridized carbons (Fsp3) is 0.100. The highest BCUT2D eigenvalue weighted by atomic mass is 35.7. The van der Waals surface area contributed by atoms with Gasteiger partial charge in [0.15, 0.2) is 0 Å². The molecule has 0 saturated carbocycles. The fourth-order valence-corrected chi connectivity index (χ4v) is 2.68. The van der Waals surface area contributed by atoms with Crippen molar-refractivity contribution >= 4 is 36.6 Å². The van der Waals surface area contributed by atoms with Gasteiger partial charge in [-0.15, -0.1) is 0 Å². The van der Waals surface area contributed by atoms with Crippen molar-refractivity contribution in [3.05, 3.63) is 23.9 Å². The molecule has 0 saturated heterocycles. The van der Waals surface area contributed by atoms with E-state index < -0.39 is 15.0 Å². The molecule has 1 aromatic carbocycles. The quantitative estimate of drug-likeness (QED) is 0.840. The number of nitrogens with one attached hydrogen (secondary N) is 1. The zero-order valence-corrected chi connectivity index (χ0v) is 10.7. The summed E-state index contributed by atoms with van der Waals surface area (Å²) in [6, 6.07) is 3.98. The Morgan fingerprint density at radius 2 is 2.11 bits per heavy atom. The average molecular weight is 290 g/mol. The van der Waals surface area contributed by atoms with E-state index >= 15 is 0 Å². The molecule has 1 aromatic heterocycles. The van der Waals surface area contributed by atoms with Crippen molar-refractivity contribution in [2.24, 2.45) is 0 Å². The Morgan fingerprint density at radius 1 is 1.44 bits per heavy atom.